The van der Waals surface area contributed by atoms with Crippen molar-refractivity contribution in [1.82, 2.24) is 5.32 Å². The number of hydrogen-bond acceptors (Lipinski definition) is 6. The summed E-state index contributed by atoms with van der Waals surface area (Å²) in [5.74, 6) is -2.70. The lowest BCUT2D eigenvalue weighted by Gasteiger charge is -2.33. The highest BCUT2D eigenvalue weighted by Gasteiger charge is 2.41. The molecular weight excluding hydrogens is 398 g/mol. The average molecular weight is 423 g/mol. The number of ether oxygens (including phenoxy) is 3. The Kier molecular flexibility index (Phi) is 6.89. The smallest absolute Gasteiger partial charge is 0.336 e. The van der Waals surface area contributed by atoms with E-state index in [9.17, 15) is 14.7 Å². The Balaban J connectivity index is 2.36. The summed E-state index contributed by atoms with van der Waals surface area (Å²) in [6, 6.07) is 17.0. The van der Waals surface area contributed by atoms with E-state index >= 15 is 0 Å². The molecule has 0 saturated carbocycles. The molecular formula is C24H25NO6. The number of methoxy groups -OCH3 is 3. The van der Waals surface area contributed by atoms with Crippen LogP contribution in [0.25, 0.3) is 11.1 Å². The number of carboxylic acid groups (broad SMARTS) is 1. The number of esters is 1. The van der Waals surface area contributed by atoms with Crippen molar-refractivity contribution >= 4 is 11.9 Å². The molecule has 2 N–H and O–H groups in total. The molecule has 1 unspecified atom stereocenters. The molecule has 2 aromatic rings. The molecule has 0 spiro atoms. The fourth-order valence-electron chi connectivity index (χ4n) is 3.93. The molecule has 1 heterocycles. The van der Waals surface area contributed by atoms with E-state index in [4.69, 9.17) is 14.2 Å². The Hall–Kier alpha value is -3.42. The van der Waals surface area contributed by atoms with Crippen molar-refractivity contribution < 1.29 is 28.9 Å². The standard InChI is InChI=1S/C24H25NO6/c1-14-18(22(26)27)19(20(23(28)29-2)21(25-14)24(30-3)31-4)17-13-9-8-12-16(17)15-10-6-5-7-11-15/h5-13,19,24-25H,1-4H3,(H,26,27). The van der Waals surface area contributed by atoms with Crippen molar-refractivity contribution in [3.8, 4) is 11.1 Å². The minimum absolute atomic E-state index is 0.0542. The van der Waals surface area contributed by atoms with Crippen LogP contribution in [0.4, 0.5) is 0 Å². The maximum atomic E-state index is 13.0. The van der Waals surface area contributed by atoms with Gasteiger partial charge in [0, 0.05) is 19.9 Å². The molecule has 1 aliphatic rings. The van der Waals surface area contributed by atoms with E-state index in [2.05, 4.69) is 5.32 Å². The number of carboxylic acids is 1. The van der Waals surface area contributed by atoms with E-state index < -0.39 is 24.1 Å². The summed E-state index contributed by atoms with van der Waals surface area (Å²) in [7, 11) is 4.14. The first kappa shape index (κ1) is 22.3. The normalized spacial score (nSPS) is 16.4. The first-order chi connectivity index (χ1) is 14.9. The number of dihydropyridines is 1. The maximum absolute atomic E-state index is 13.0. The van der Waals surface area contributed by atoms with E-state index in [1.54, 1.807) is 6.92 Å². The van der Waals surface area contributed by atoms with Crippen molar-refractivity contribution in [1.29, 1.82) is 0 Å². The highest BCUT2D eigenvalue weighted by molar-refractivity contribution is 6.00. The third-order valence-corrected chi connectivity index (χ3v) is 5.25. The van der Waals surface area contributed by atoms with E-state index in [1.807, 2.05) is 54.6 Å². The highest BCUT2D eigenvalue weighted by Crippen LogP contribution is 2.43. The summed E-state index contributed by atoms with van der Waals surface area (Å²) < 4.78 is 15.8. The summed E-state index contributed by atoms with van der Waals surface area (Å²) >= 11 is 0. The predicted octanol–water partition coefficient (Wildman–Crippen LogP) is 3.45. The van der Waals surface area contributed by atoms with Crippen LogP contribution in [0.2, 0.25) is 0 Å². The van der Waals surface area contributed by atoms with E-state index in [-0.39, 0.29) is 11.1 Å². The number of aliphatic carboxylic acids is 1. The Bertz CT molecular complexity index is 1040. The summed E-state index contributed by atoms with van der Waals surface area (Å²) in [6.07, 6.45) is -0.911. The van der Waals surface area contributed by atoms with Gasteiger partial charge in [-0.15, -0.1) is 0 Å². The van der Waals surface area contributed by atoms with Gasteiger partial charge in [-0.3, -0.25) is 0 Å². The van der Waals surface area contributed by atoms with Gasteiger partial charge in [-0.25, -0.2) is 9.59 Å². The van der Waals surface area contributed by atoms with Crippen LogP contribution in [-0.2, 0) is 23.8 Å². The van der Waals surface area contributed by atoms with E-state index in [0.717, 1.165) is 11.1 Å². The van der Waals surface area contributed by atoms with Crippen LogP contribution in [0.15, 0.2) is 77.1 Å². The highest BCUT2D eigenvalue weighted by atomic mass is 16.7. The summed E-state index contributed by atoms with van der Waals surface area (Å²) in [4.78, 5) is 25.3. The van der Waals surface area contributed by atoms with Crippen molar-refractivity contribution in [3.63, 3.8) is 0 Å². The lowest BCUT2D eigenvalue weighted by molar-refractivity contribution is -0.137. The van der Waals surface area contributed by atoms with Gasteiger partial charge in [-0.05, 0) is 23.6 Å². The zero-order valence-corrected chi connectivity index (χ0v) is 17.8. The second-order valence-corrected chi connectivity index (χ2v) is 6.98. The van der Waals surface area contributed by atoms with Gasteiger partial charge in [0.1, 0.15) is 0 Å². The minimum Gasteiger partial charge on any atom is -0.478 e. The van der Waals surface area contributed by atoms with Crippen molar-refractivity contribution in [3.05, 3.63) is 82.7 Å². The lowest BCUT2D eigenvalue weighted by Crippen LogP contribution is -2.38. The Morgan fingerprint density at radius 3 is 2.13 bits per heavy atom. The molecule has 2 aromatic carbocycles. The van der Waals surface area contributed by atoms with Crippen LogP contribution in [0, 0.1) is 0 Å². The summed E-state index contributed by atoms with van der Waals surface area (Å²) in [5, 5.41) is 13.1. The van der Waals surface area contributed by atoms with Gasteiger partial charge >= 0.3 is 11.9 Å². The predicted molar refractivity (Wildman–Crippen MR) is 115 cm³/mol. The SMILES string of the molecule is COC(=O)C1=C(C(OC)OC)NC(C)=C(C(=O)O)C1c1ccccc1-c1ccccc1. The van der Waals surface area contributed by atoms with Gasteiger partial charge in [0.2, 0.25) is 0 Å². The van der Waals surface area contributed by atoms with Gasteiger partial charge < -0.3 is 24.6 Å². The van der Waals surface area contributed by atoms with E-state index in [0.29, 0.717) is 17.0 Å². The molecule has 0 radical (unpaired) electrons. The van der Waals surface area contributed by atoms with Crippen LogP contribution in [0.5, 0.6) is 0 Å². The Morgan fingerprint density at radius 1 is 0.935 bits per heavy atom. The minimum atomic E-state index is -1.13. The molecule has 0 bridgehead atoms. The number of rotatable bonds is 7. The molecule has 0 amide bonds. The summed E-state index contributed by atoms with van der Waals surface area (Å²) in [5.41, 5.74) is 3.26. The van der Waals surface area contributed by atoms with Crippen LogP contribution in [0.1, 0.15) is 18.4 Å². The molecule has 7 heteroatoms. The summed E-state index contributed by atoms with van der Waals surface area (Å²) in [6.45, 7) is 1.65. The fourth-order valence-corrected chi connectivity index (χ4v) is 3.93. The molecule has 0 aromatic heterocycles. The molecule has 1 aliphatic heterocycles. The van der Waals surface area contributed by atoms with Gasteiger partial charge in [-0.2, -0.15) is 0 Å². The molecule has 31 heavy (non-hydrogen) atoms. The molecule has 7 nitrogen and oxygen atoms in total. The average Bonchev–Trinajstić information content (AvgIpc) is 2.79. The van der Waals surface area contributed by atoms with Crippen LogP contribution in [0.3, 0.4) is 0 Å². The topological polar surface area (TPSA) is 94.1 Å². The van der Waals surface area contributed by atoms with Crippen molar-refractivity contribution in [2.45, 2.75) is 19.1 Å². The fraction of sp³-hybridized carbons (Fsp3) is 0.250. The zero-order valence-electron chi connectivity index (χ0n) is 17.8. The third-order valence-electron chi connectivity index (χ3n) is 5.25. The maximum Gasteiger partial charge on any atom is 0.336 e. The molecule has 0 fully saturated rings. The molecule has 162 valence electrons. The second kappa shape index (κ2) is 9.59. The van der Waals surface area contributed by atoms with E-state index in [1.165, 1.54) is 21.3 Å². The quantitative estimate of drug-likeness (QED) is 0.520. The molecule has 3 rings (SSSR count). The lowest BCUT2D eigenvalue weighted by atomic mass is 9.77. The number of nitrogens with one attached hydrogen (secondary N) is 1. The number of carbonyl (C=O) groups is 2. The van der Waals surface area contributed by atoms with Gasteiger partial charge in [0.25, 0.3) is 0 Å². The first-order valence-corrected chi connectivity index (χ1v) is 9.67. The Morgan fingerprint density at radius 2 is 1.55 bits per heavy atom. The zero-order chi connectivity index (χ0) is 22.5. The van der Waals surface area contributed by atoms with Gasteiger partial charge in [0.15, 0.2) is 6.29 Å². The number of carbonyl (C=O) groups excluding carboxylic acids is 1. The Labute approximate surface area is 180 Å². The largest absolute Gasteiger partial charge is 0.478 e. The molecule has 0 saturated heterocycles. The third kappa shape index (κ3) is 4.23. The molecule has 0 aliphatic carbocycles. The number of benzene rings is 2. The first-order valence-electron chi connectivity index (χ1n) is 9.67. The monoisotopic (exact) mass is 423 g/mol. The van der Waals surface area contributed by atoms with Gasteiger partial charge in [-0.1, -0.05) is 54.6 Å². The van der Waals surface area contributed by atoms with Crippen LogP contribution < -0.4 is 5.32 Å². The second-order valence-electron chi connectivity index (χ2n) is 6.98. The van der Waals surface area contributed by atoms with Crippen LogP contribution >= 0.6 is 0 Å². The van der Waals surface area contributed by atoms with Crippen molar-refractivity contribution in [2.75, 3.05) is 21.3 Å². The van der Waals surface area contributed by atoms with Gasteiger partial charge in [0.05, 0.1) is 29.9 Å². The van der Waals surface area contributed by atoms with Crippen molar-refractivity contribution in [2.24, 2.45) is 0 Å². The van der Waals surface area contributed by atoms with Crippen LogP contribution in [-0.4, -0.2) is 44.7 Å². The number of hydrogen-bond donors (Lipinski definition) is 2. The number of allylic oxidation sites excluding steroid dienone is 1. The molecule has 1 atom stereocenters.